The molecular weight excluding hydrogens is 332 g/mol. The summed E-state index contributed by atoms with van der Waals surface area (Å²) in [6, 6.07) is 7.50. The fourth-order valence-electron chi connectivity index (χ4n) is 2.82. The highest BCUT2D eigenvalue weighted by molar-refractivity contribution is 7.89. The molecule has 132 valence electrons. The van der Waals surface area contributed by atoms with Crippen LogP contribution in [0.5, 0.6) is 0 Å². The first-order chi connectivity index (χ1) is 10.3. The molecule has 1 fully saturated rings. The summed E-state index contributed by atoms with van der Waals surface area (Å²) in [5.41, 5.74) is 1.25. The third-order valence-electron chi connectivity index (χ3n) is 5.02. The Kier molecular flexibility index (Phi) is 7.08. The van der Waals surface area contributed by atoms with Crippen molar-refractivity contribution in [1.29, 1.82) is 0 Å². The fourth-order valence-corrected chi connectivity index (χ4v) is 4.23. The van der Waals surface area contributed by atoms with Gasteiger partial charge >= 0.3 is 0 Å². The third-order valence-corrected chi connectivity index (χ3v) is 6.94. The zero-order chi connectivity index (χ0) is 16.4. The number of sulfonamides is 1. The summed E-state index contributed by atoms with van der Waals surface area (Å²) >= 11 is 0. The number of benzene rings is 1. The second-order valence-electron chi connectivity index (χ2n) is 6.76. The fraction of sp³-hybridized carbons (Fsp3) is 0.647. The molecule has 0 spiro atoms. The van der Waals surface area contributed by atoms with Crippen molar-refractivity contribution in [2.75, 3.05) is 20.1 Å². The van der Waals surface area contributed by atoms with Gasteiger partial charge in [0.2, 0.25) is 10.0 Å². The zero-order valence-electron chi connectivity index (χ0n) is 14.5. The number of rotatable bonds is 5. The maximum absolute atomic E-state index is 12.8. The largest absolute Gasteiger partial charge is 0.317 e. The topological polar surface area (TPSA) is 49.4 Å². The quantitative estimate of drug-likeness (QED) is 0.877. The highest BCUT2D eigenvalue weighted by atomic mass is 35.5. The van der Waals surface area contributed by atoms with Gasteiger partial charge in [0.1, 0.15) is 0 Å². The maximum atomic E-state index is 12.8. The predicted octanol–water partition coefficient (Wildman–Crippen LogP) is 3.17. The molecule has 0 saturated carbocycles. The Bertz CT molecular complexity index is 594. The highest BCUT2D eigenvalue weighted by Crippen LogP contribution is 2.28. The van der Waals surface area contributed by atoms with Crippen LogP contribution in [0, 0.1) is 0 Å². The molecule has 1 aliphatic rings. The number of halogens is 1. The van der Waals surface area contributed by atoms with E-state index in [1.807, 2.05) is 12.1 Å². The van der Waals surface area contributed by atoms with Gasteiger partial charge in [-0.25, -0.2) is 8.42 Å². The van der Waals surface area contributed by atoms with E-state index in [9.17, 15) is 8.42 Å². The third kappa shape index (κ3) is 4.47. The molecule has 1 N–H and O–H groups in total. The molecule has 0 aliphatic carbocycles. The van der Waals surface area contributed by atoms with Gasteiger partial charge in [0.25, 0.3) is 0 Å². The first-order valence-corrected chi connectivity index (χ1v) is 9.52. The van der Waals surface area contributed by atoms with E-state index in [-0.39, 0.29) is 23.9 Å². The molecule has 1 saturated heterocycles. The van der Waals surface area contributed by atoms with E-state index >= 15 is 0 Å². The van der Waals surface area contributed by atoms with Crippen molar-refractivity contribution in [2.45, 2.75) is 56.4 Å². The minimum absolute atomic E-state index is 0. The van der Waals surface area contributed by atoms with E-state index < -0.39 is 10.0 Å². The average molecular weight is 361 g/mol. The number of nitrogens with zero attached hydrogens (tertiary/aromatic N) is 1. The van der Waals surface area contributed by atoms with E-state index in [1.54, 1.807) is 23.5 Å². The molecular formula is C17H29ClN2O2S. The molecule has 4 nitrogen and oxygen atoms in total. The predicted molar refractivity (Wildman–Crippen MR) is 97.8 cm³/mol. The van der Waals surface area contributed by atoms with Gasteiger partial charge in [-0.15, -0.1) is 12.4 Å². The molecule has 6 heteroatoms. The van der Waals surface area contributed by atoms with Crippen molar-refractivity contribution in [3.63, 3.8) is 0 Å². The van der Waals surface area contributed by atoms with Gasteiger partial charge in [0, 0.05) is 13.1 Å². The van der Waals surface area contributed by atoms with Crippen LogP contribution < -0.4 is 5.32 Å². The molecule has 0 aromatic heterocycles. The van der Waals surface area contributed by atoms with Crippen LogP contribution in [-0.2, 0) is 15.4 Å². The van der Waals surface area contributed by atoms with Crippen molar-refractivity contribution >= 4 is 22.4 Å². The Morgan fingerprint density at radius 2 is 1.70 bits per heavy atom. The normalized spacial score (nSPS) is 17.1. The minimum Gasteiger partial charge on any atom is -0.317 e. The van der Waals surface area contributed by atoms with Crippen LogP contribution in [0.4, 0.5) is 0 Å². The number of hydrogen-bond acceptors (Lipinski definition) is 3. The summed E-state index contributed by atoms with van der Waals surface area (Å²) in [5.74, 6) is 0. The second kappa shape index (κ2) is 7.97. The van der Waals surface area contributed by atoms with E-state index in [0.29, 0.717) is 4.90 Å². The van der Waals surface area contributed by atoms with Gasteiger partial charge in [-0.2, -0.15) is 4.31 Å². The summed E-state index contributed by atoms with van der Waals surface area (Å²) in [7, 11) is -1.70. The molecule has 1 aromatic rings. The SMILES string of the molecule is CCC(C)(C)c1ccc(S(=O)(=O)N(C)C2CCNCC2)cc1.Cl. The van der Waals surface area contributed by atoms with Gasteiger partial charge in [0.15, 0.2) is 0 Å². The van der Waals surface area contributed by atoms with E-state index in [1.165, 1.54) is 5.56 Å². The Hall–Kier alpha value is -0.620. The molecule has 0 radical (unpaired) electrons. The van der Waals surface area contributed by atoms with Crippen LogP contribution >= 0.6 is 12.4 Å². The maximum Gasteiger partial charge on any atom is 0.243 e. The zero-order valence-corrected chi connectivity index (χ0v) is 16.1. The Morgan fingerprint density at radius 1 is 1.17 bits per heavy atom. The summed E-state index contributed by atoms with van der Waals surface area (Å²) < 4.78 is 27.1. The molecule has 23 heavy (non-hydrogen) atoms. The second-order valence-corrected chi connectivity index (χ2v) is 8.76. The molecule has 2 rings (SSSR count). The molecule has 1 aliphatic heterocycles. The summed E-state index contributed by atoms with van der Waals surface area (Å²) in [4.78, 5) is 0.393. The molecule has 0 atom stereocenters. The van der Waals surface area contributed by atoms with Crippen LogP contribution in [0.25, 0.3) is 0 Å². The van der Waals surface area contributed by atoms with Crippen molar-refractivity contribution in [3.05, 3.63) is 29.8 Å². The van der Waals surface area contributed by atoms with E-state index in [4.69, 9.17) is 0 Å². The van der Waals surface area contributed by atoms with Crippen molar-refractivity contribution in [2.24, 2.45) is 0 Å². The molecule has 1 aromatic carbocycles. The Labute approximate surface area is 147 Å². The number of nitrogens with one attached hydrogen (secondary N) is 1. The first kappa shape index (κ1) is 20.4. The monoisotopic (exact) mass is 360 g/mol. The summed E-state index contributed by atoms with van der Waals surface area (Å²) in [6.45, 7) is 8.27. The minimum atomic E-state index is -3.40. The lowest BCUT2D eigenvalue weighted by Gasteiger charge is -2.31. The lowest BCUT2D eigenvalue weighted by molar-refractivity contribution is 0.296. The number of hydrogen-bond donors (Lipinski definition) is 1. The van der Waals surface area contributed by atoms with Gasteiger partial charge in [-0.3, -0.25) is 0 Å². The van der Waals surface area contributed by atoms with Crippen LogP contribution in [0.2, 0.25) is 0 Å². The van der Waals surface area contributed by atoms with Crippen molar-refractivity contribution in [3.8, 4) is 0 Å². The van der Waals surface area contributed by atoms with Crippen LogP contribution in [0.3, 0.4) is 0 Å². The molecule has 1 heterocycles. The smallest absolute Gasteiger partial charge is 0.243 e. The highest BCUT2D eigenvalue weighted by Gasteiger charge is 2.29. The van der Waals surface area contributed by atoms with Crippen LogP contribution in [-0.4, -0.2) is 38.9 Å². The average Bonchev–Trinajstić information content (AvgIpc) is 2.55. The van der Waals surface area contributed by atoms with Crippen LogP contribution in [0.1, 0.15) is 45.6 Å². The van der Waals surface area contributed by atoms with Gasteiger partial charge in [-0.05, 0) is 55.5 Å². The van der Waals surface area contributed by atoms with Crippen molar-refractivity contribution < 1.29 is 8.42 Å². The lowest BCUT2D eigenvalue weighted by Crippen LogP contribution is -2.43. The van der Waals surface area contributed by atoms with Gasteiger partial charge < -0.3 is 5.32 Å². The van der Waals surface area contributed by atoms with Crippen LogP contribution in [0.15, 0.2) is 29.2 Å². The van der Waals surface area contributed by atoms with E-state index in [0.717, 1.165) is 32.4 Å². The summed E-state index contributed by atoms with van der Waals surface area (Å²) in [6.07, 6.45) is 2.77. The summed E-state index contributed by atoms with van der Waals surface area (Å²) in [5, 5.41) is 3.27. The molecule has 0 amide bonds. The molecule has 0 bridgehead atoms. The molecule has 0 unspecified atom stereocenters. The number of piperidine rings is 1. The lowest BCUT2D eigenvalue weighted by atomic mass is 9.82. The van der Waals surface area contributed by atoms with Gasteiger partial charge in [0.05, 0.1) is 4.90 Å². The Balaban J connectivity index is 0.00000264. The first-order valence-electron chi connectivity index (χ1n) is 8.08. The van der Waals surface area contributed by atoms with E-state index in [2.05, 4.69) is 26.1 Å². The standard InChI is InChI=1S/C17H28N2O2S.ClH/c1-5-17(2,3)14-6-8-16(9-7-14)22(20,21)19(4)15-10-12-18-13-11-15;/h6-9,15,18H,5,10-13H2,1-4H3;1H. The van der Waals surface area contributed by atoms with Gasteiger partial charge in [-0.1, -0.05) is 32.9 Å². The Morgan fingerprint density at radius 3 is 2.17 bits per heavy atom. The van der Waals surface area contributed by atoms with Crippen molar-refractivity contribution in [1.82, 2.24) is 9.62 Å².